The molecule has 0 atom stereocenters. The minimum atomic E-state index is -0.661. The summed E-state index contributed by atoms with van der Waals surface area (Å²) in [6.07, 6.45) is 0. The molecule has 0 fully saturated rings. The van der Waals surface area contributed by atoms with Gasteiger partial charge in [-0.3, -0.25) is 14.4 Å². The second-order valence-electron chi connectivity index (χ2n) is 7.12. The number of nitrogens with one attached hydrogen (secondary N) is 2. The molecular formula is C24H16Cl3N3O4. The number of carbonyl (C=O) groups excluding carboxylic acids is 3. The normalized spacial score (nSPS) is 13.4. The van der Waals surface area contributed by atoms with E-state index in [1.54, 1.807) is 54.6 Å². The molecule has 2 N–H and O–H groups in total. The first-order chi connectivity index (χ1) is 16.3. The molecule has 3 amide bonds. The zero-order chi connectivity index (χ0) is 24.4. The minimum absolute atomic E-state index is 0.0965. The van der Waals surface area contributed by atoms with Gasteiger partial charge in [-0.25, -0.2) is 4.90 Å². The first-order valence-corrected chi connectivity index (χ1v) is 11.0. The summed E-state index contributed by atoms with van der Waals surface area (Å²) in [4.78, 5) is 39.3. The van der Waals surface area contributed by atoms with Crippen molar-refractivity contribution in [3.8, 4) is 5.75 Å². The molecule has 1 heterocycles. The third kappa shape index (κ3) is 4.72. The van der Waals surface area contributed by atoms with Crippen molar-refractivity contribution < 1.29 is 19.1 Å². The lowest BCUT2D eigenvalue weighted by atomic mass is 10.1. The lowest BCUT2D eigenvalue weighted by Gasteiger charge is -2.15. The highest BCUT2D eigenvalue weighted by molar-refractivity contribution is 6.53. The molecule has 0 bridgehead atoms. The summed E-state index contributed by atoms with van der Waals surface area (Å²) in [7, 11) is 1.51. The number of rotatable bonds is 6. The molecule has 3 aromatic carbocycles. The van der Waals surface area contributed by atoms with Gasteiger partial charge >= 0.3 is 0 Å². The van der Waals surface area contributed by atoms with Gasteiger partial charge in [-0.05, 0) is 60.7 Å². The van der Waals surface area contributed by atoms with E-state index < -0.39 is 17.7 Å². The lowest BCUT2D eigenvalue weighted by Crippen LogP contribution is -2.32. The van der Waals surface area contributed by atoms with E-state index in [-0.39, 0.29) is 16.3 Å². The predicted molar refractivity (Wildman–Crippen MR) is 133 cm³/mol. The Morgan fingerprint density at radius 2 is 1.65 bits per heavy atom. The molecule has 3 aromatic rings. The minimum Gasteiger partial charge on any atom is -0.497 e. The van der Waals surface area contributed by atoms with Crippen molar-refractivity contribution in [1.82, 2.24) is 0 Å². The van der Waals surface area contributed by atoms with Crippen molar-refractivity contribution in [3.05, 3.63) is 93.1 Å². The first kappa shape index (κ1) is 23.6. The van der Waals surface area contributed by atoms with E-state index in [1.807, 2.05) is 0 Å². The number of nitrogens with zero attached hydrogens (tertiary/aromatic N) is 1. The molecule has 34 heavy (non-hydrogen) atoms. The number of benzene rings is 3. The molecule has 1 aliphatic heterocycles. The molecule has 0 radical (unpaired) electrons. The van der Waals surface area contributed by atoms with E-state index in [1.165, 1.54) is 19.2 Å². The maximum atomic E-state index is 13.0. The maximum Gasteiger partial charge on any atom is 0.283 e. The molecule has 0 aromatic heterocycles. The zero-order valence-electron chi connectivity index (χ0n) is 17.6. The largest absolute Gasteiger partial charge is 0.497 e. The fraction of sp³-hybridized carbons (Fsp3) is 0.0417. The quantitative estimate of drug-likeness (QED) is 0.411. The Morgan fingerprint density at radius 3 is 2.32 bits per heavy atom. The number of hydrogen-bond donors (Lipinski definition) is 2. The Hall–Kier alpha value is -3.52. The van der Waals surface area contributed by atoms with E-state index in [2.05, 4.69) is 10.6 Å². The van der Waals surface area contributed by atoms with Crippen LogP contribution in [0.1, 0.15) is 10.4 Å². The van der Waals surface area contributed by atoms with Crippen LogP contribution in [0.25, 0.3) is 0 Å². The van der Waals surface area contributed by atoms with Crippen molar-refractivity contribution in [2.45, 2.75) is 0 Å². The number of anilines is 3. The predicted octanol–water partition coefficient (Wildman–Crippen LogP) is 5.69. The second kappa shape index (κ2) is 9.77. The standard InChI is InChI=1S/C24H16Cl3N3O4/c1-34-17-8-6-16(7-9-17)30-23(32)20(27)21(24(30)33)28-15-4-2-3-13(11-15)22(31)29-19-10-5-14(25)12-18(19)26/h2-12,28H,1H3,(H,29,31). The molecule has 0 aliphatic carbocycles. The molecule has 4 rings (SSSR count). The van der Waals surface area contributed by atoms with E-state index >= 15 is 0 Å². The number of halogens is 3. The van der Waals surface area contributed by atoms with E-state index in [0.29, 0.717) is 32.9 Å². The SMILES string of the molecule is COc1ccc(N2C(=O)C(Cl)=C(Nc3cccc(C(=O)Nc4ccc(Cl)cc4Cl)c3)C2=O)cc1. The lowest BCUT2D eigenvalue weighted by molar-refractivity contribution is -0.120. The summed E-state index contributed by atoms with van der Waals surface area (Å²) >= 11 is 18.2. The van der Waals surface area contributed by atoms with Crippen LogP contribution in [-0.4, -0.2) is 24.8 Å². The average molecular weight is 517 g/mol. The van der Waals surface area contributed by atoms with Crippen LogP contribution in [0.15, 0.2) is 77.5 Å². The highest BCUT2D eigenvalue weighted by Gasteiger charge is 2.39. The van der Waals surface area contributed by atoms with Crippen LogP contribution in [0.4, 0.5) is 17.1 Å². The number of imide groups is 1. The second-order valence-corrected chi connectivity index (χ2v) is 8.34. The van der Waals surface area contributed by atoms with Gasteiger partial charge in [-0.15, -0.1) is 0 Å². The van der Waals surface area contributed by atoms with Crippen LogP contribution in [0, 0.1) is 0 Å². The van der Waals surface area contributed by atoms with Crippen LogP contribution in [0.5, 0.6) is 5.75 Å². The number of ether oxygens (including phenoxy) is 1. The molecule has 7 nitrogen and oxygen atoms in total. The Balaban J connectivity index is 1.53. The average Bonchev–Trinajstić information content (AvgIpc) is 3.04. The number of methoxy groups -OCH3 is 1. The molecular weight excluding hydrogens is 501 g/mol. The fourth-order valence-corrected chi connectivity index (χ4v) is 3.91. The third-order valence-corrected chi connectivity index (χ3v) is 5.83. The summed E-state index contributed by atoms with van der Waals surface area (Å²) in [5.74, 6) is -1.13. The molecule has 0 spiro atoms. The third-order valence-electron chi connectivity index (χ3n) is 4.93. The fourth-order valence-electron chi connectivity index (χ4n) is 3.25. The number of carbonyl (C=O) groups is 3. The van der Waals surface area contributed by atoms with Crippen LogP contribution in [0.2, 0.25) is 10.0 Å². The number of amides is 3. The van der Waals surface area contributed by atoms with Crippen LogP contribution < -0.4 is 20.3 Å². The van der Waals surface area contributed by atoms with Gasteiger partial charge in [0.1, 0.15) is 16.5 Å². The van der Waals surface area contributed by atoms with Gasteiger partial charge in [0.15, 0.2) is 0 Å². The van der Waals surface area contributed by atoms with Crippen molar-refractivity contribution in [1.29, 1.82) is 0 Å². The van der Waals surface area contributed by atoms with E-state index in [4.69, 9.17) is 39.5 Å². The van der Waals surface area contributed by atoms with Gasteiger partial charge in [-0.2, -0.15) is 0 Å². The Morgan fingerprint density at radius 1 is 0.912 bits per heavy atom. The van der Waals surface area contributed by atoms with Crippen LogP contribution in [0.3, 0.4) is 0 Å². The highest BCUT2D eigenvalue weighted by Crippen LogP contribution is 2.31. The van der Waals surface area contributed by atoms with Gasteiger partial charge in [0, 0.05) is 16.3 Å². The van der Waals surface area contributed by atoms with Crippen molar-refractivity contribution in [2.75, 3.05) is 22.6 Å². The molecule has 0 saturated heterocycles. The van der Waals surface area contributed by atoms with E-state index in [9.17, 15) is 14.4 Å². The van der Waals surface area contributed by atoms with Gasteiger partial charge < -0.3 is 15.4 Å². The van der Waals surface area contributed by atoms with Crippen LogP contribution in [-0.2, 0) is 9.59 Å². The summed E-state index contributed by atoms with van der Waals surface area (Å²) in [6, 6.07) is 17.5. The first-order valence-electron chi connectivity index (χ1n) is 9.84. The van der Waals surface area contributed by atoms with Gasteiger partial charge in [0.05, 0.1) is 23.5 Å². The molecule has 0 unspecified atom stereocenters. The van der Waals surface area contributed by atoms with Crippen molar-refractivity contribution >= 4 is 69.6 Å². The Kier molecular flexibility index (Phi) is 6.79. The number of hydrogen-bond acceptors (Lipinski definition) is 5. The van der Waals surface area contributed by atoms with Gasteiger partial charge in [0.25, 0.3) is 17.7 Å². The maximum absolute atomic E-state index is 13.0. The zero-order valence-corrected chi connectivity index (χ0v) is 19.8. The van der Waals surface area contributed by atoms with Crippen LogP contribution >= 0.6 is 34.8 Å². The van der Waals surface area contributed by atoms with Crippen molar-refractivity contribution in [2.24, 2.45) is 0 Å². The summed E-state index contributed by atoms with van der Waals surface area (Å²) in [5, 5.41) is 6.04. The topological polar surface area (TPSA) is 87.7 Å². The molecule has 10 heteroatoms. The molecule has 172 valence electrons. The van der Waals surface area contributed by atoms with Gasteiger partial charge in [0.2, 0.25) is 0 Å². The van der Waals surface area contributed by atoms with Gasteiger partial charge in [-0.1, -0.05) is 40.9 Å². The molecule has 0 saturated carbocycles. The van der Waals surface area contributed by atoms with E-state index in [0.717, 1.165) is 4.90 Å². The summed E-state index contributed by atoms with van der Waals surface area (Å²) in [5.41, 5.74) is 1.32. The Labute approximate surface area is 209 Å². The summed E-state index contributed by atoms with van der Waals surface area (Å²) in [6.45, 7) is 0. The Bertz CT molecular complexity index is 1340. The smallest absolute Gasteiger partial charge is 0.283 e. The molecule has 1 aliphatic rings. The van der Waals surface area contributed by atoms with Crippen molar-refractivity contribution in [3.63, 3.8) is 0 Å². The highest BCUT2D eigenvalue weighted by atomic mass is 35.5. The monoisotopic (exact) mass is 515 g/mol. The summed E-state index contributed by atoms with van der Waals surface area (Å²) < 4.78 is 5.10.